The smallest absolute Gasteiger partial charge is 0.243 e. The van der Waals surface area contributed by atoms with E-state index in [4.69, 9.17) is 9.47 Å². The zero-order valence-electron chi connectivity index (χ0n) is 19.4. The number of hydrogen-bond acceptors (Lipinski definition) is 6. The summed E-state index contributed by atoms with van der Waals surface area (Å²) in [5, 5.41) is 0. The van der Waals surface area contributed by atoms with E-state index in [1.165, 1.54) is 16.4 Å². The van der Waals surface area contributed by atoms with Crippen LogP contribution in [0.15, 0.2) is 47.4 Å². The predicted molar refractivity (Wildman–Crippen MR) is 127 cm³/mol. The number of ketones is 1. The highest BCUT2D eigenvalue weighted by molar-refractivity contribution is 7.89. The number of sulfonamides is 1. The third-order valence-corrected chi connectivity index (χ3v) is 8.09. The molecule has 1 saturated heterocycles. The standard InChI is InChI=1S/C25H30N2O6S/c1-2-19-4-6-20(7-5-19)22(28)9-11-25(29)26-12-14-27(15-13-26)34(30,31)21-8-10-23-24(18-21)33-17-3-16-32-23/h4-8,10,18H,2-3,9,11-17H2,1H3. The van der Waals surface area contributed by atoms with Crippen LogP contribution in [0.3, 0.4) is 0 Å². The molecule has 0 unspecified atom stereocenters. The van der Waals surface area contributed by atoms with E-state index >= 15 is 0 Å². The molecule has 0 radical (unpaired) electrons. The maximum atomic E-state index is 13.1. The lowest BCUT2D eigenvalue weighted by Gasteiger charge is -2.34. The molecule has 0 spiro atoms. The number of aryl methyl sites for hydroxylation is 1. The van der Waals surface area contributed by atoms with Gasteiger partial charge in [0.15, 0.2) is 17.3 Å². The van der Waals surface area contributed by atoms with E-state index in [0.29, 0.717) is 43.4 Å². The van der Waals surface area contributed by atoms with Crippen molar-refractivity contribution >= 4 is 21.7 Å². The molecule has 2 aliphatic heterocycles. The number of fused-ring (bicyclic) bond motifs is 1. The lowest BCUT2D eigenvalue weighted by atomic mass is 10.0. The van der Waals surface area contributed by atoms with Crippen molar-refractivity contribution in [2.75, 3.05) is 39.4 Å². The Hall–Kier alpha value is -2.91. The highest BCUT2D eigenvalue weighted by atomic mass is 32.2. The van der Waals surface area contributed by atoms with E-state index in [0.717, 1.165) is 18.4 Å². The molecular formula is C25H30N2O6S. The Balaban J connectivity index is 1.31. The van der Waals surface area contributed by atoms with Crippen LogP contribution < -0.4 is 9.47 Å². The first kappa shape index (κ1) is 24.2. The third kappa shape index (κ3) is 5.42. The number of rotatable bonds is 7. The van der Waals surface area contributed by atoms with Gasteiger partial charge in [-0.05, 0) is 24.1 Å². The van der Waals surface area contributed by atoms with Crippen molar-refractivity contribution in [1.29, 1.82) is 0 Å². The van der Waals surface area contributed by atoms with E-state index in [-0.39, 0.29) is 42.5 Å². The van der Waals surface area contributed by atoms with Crippen molar-refractivity contribution in [3.05, 3.63) is 53.6 Å². The van der Waals surface area contributed by atoms with Crippen LogP contribution >= 0.6 is 0 Å². The summed E-state index contributed by atoms with van der Waals surface area (Å²) in [5.74, 6) is 0.780. The molecule has 2 heterocycles. The summed E-state index contributed by atoms with van der Waals surface area (Å²) in [4.78, 5) is 26.8. The summed E-state index contributed by atoms with van der Waals surface area (Å²) in [6.07, 6.45) is 1.90. The number of benzene rings is 2. The Bertz CT molecular complexity index is 1140. The minimum atomic E-state index is -3.72. The van der Waals surface area contributed by atoms with Gasteiger partial charge in [-0.15, -0.1) is 0 Å². The maximum Gasteiger partial charge on any atom is 0.243 e. The van der Waals surface area contributed by atoms with Crippen LogP contribution in [0.1, 0.15) is 42.1 Å². The number of nitrogens with zero attached hydrogens (tertiary/aromatic N) is 2. The fraction of sp³-hybridized carbons (Fsp3) is 0.440. The second-order valence-corrected chi connectivity index (χ2v) is 10.4. The van der Waals surface area contributed by atoms with Crippen LogP contribution in [0.2, 0.25) is 0 Å². The topological polar surface area (TPSA) is 93.2 Å². The molecule has 2 aliphatic rings. The van der Waals surface area contributed by atoms with Gasteiger partial charge in [0.2, 0.25) is 15.9 Å². The number of piperazine rings is 1. The molecule has 2 aromatic rings. The monoisotopic (exact) mass is 486 g/mol. The van der Waals surface area contributed by atoms with Crippen molar-refractivity contribution in [2.24, 2.45) is 0 Å². The molecule has 0 atom stereocenters. The molecule has 2 aromatic carbocycles. The lowest BCUT2D eigenvalue weighted by Crippen LogP contribution is -2.50. The van der Waals surface area contributed by atoms with Gasteiger partial charge in [-0.2, -0.15) is 4.31 Å². The number of Topliss-reactive ketones (excluding diaryl/α,β-unsaturated/α-hetero) is 1. The van der Waals surface area contributed by atoms with Crippen molar-refractivity contribution in [3.8, 4) is 11.5 Å². The second kappa shape index (κ2) is 10.6. The van der Waals surface area contributed by atoms with E-state index in [2.05, 4.69) is 6.92 Å². The van der Waals surface area contributed by atoms with Crippen molar-refractivity contribution in [2.45, 2.75) is 37.5 Å². The van der Waals surface area contributed by atoms with E-state index in [1.807, 2.05) is 12.1 Å². The highest BCUT2D eigenvalue weighted by Gasteiger charge is 2.31. The van der Waals surface area contributed by atoms with Crippen LogP contribution in [-0.4, -0.2) is 68.7 Å². The zero-order valence-corrected chi connectivity index (χ0v) is 20.2. The Morgan fingerprint density at radius 1 is 0.882 bits per heavy atom. The van der Waals surface area contributed by atoms with Gasteiger partial charge in [0, 0.05) is 57.1 Å². The van der Waals surface area contributed by atoms with Gasteiger partial charge in [-0.3, -0.25) is 9.59 Å². The van der Waals surface area contributed by atoms with Crippen LogP contribution in [0, 0.1) is 0 Å². The Morgan fingerprint density at radius 2 is 1.56 bits per heavy atom. The van der Waals surface area contributed by atoms with Crippen LogP contribution in [-0.2, 0) is 21.2 Å². The molecule has 34 heavy (non-hydrogen) atoms. The summed E-state index contributed by atoms with van der Waals surface area (Å²) in [7, 11) is -3.72. The fourth-order valence-electron chi connectivity index (χ4n) is 4.08. The van der Waals surface area contributed by atoms with Crippen molar-refractivity contribution in [1.82, 2.24) is 9.21 Å². The van der Waals surface area contributed by atoms with Crippen molar-refractivity contribution < 1.29 is 27.5 Å². The van der Waals surface area contributed by atoms with Gasteiger partial charge < -0.3 is 14.4 Å². The summed E-state index contributed by atoms with van der Waals surface area (Å²) in [6.45, 7) is 4.06. The molecule has 9 heteroatoms. The maximum absolute atomic E-state index is 13.1. The number of amides is 1. The van der Waals surface area contributed by atoms with Crippen molar-refractivity contribution in [3.63, 3.8) is 0 Å². The van der Waals surface area contributed by atoms with E-state index in [9.17, 15) is 18.0 Å². The Morgan fingerprint density at radius 3 is 2.24 bits per heavy atom. The zero-order chi connectivity index (χ0) is 24.1. The number of carbonyl (C=O) groups is 2. The summed E-state index contributed by atoms with van der Waals surface area (Å²) in [5.41, 5.74) is 1.77. The SMILES string of the molecule is CCc1ccc(C(=O)CCC(=O)N2CCN(S(=O)(=O)c3ccc4c(c3)OCCCO4)CC2)cc1. The van der Waals surface area contributed by atoms with Crippen LogP contribution in [0.4, 0.5) is 0 Å². The first-order chi connectivity index (χ1) is 16.4. The Labute approximate surface area is 200 Å². The van der Waals surface area contributed by atoms with E-state index in [1.54, 1.807) is 23.1 Å². The number of hydrogen-bond donors (Lipinski definition) is 0. The average Bonchev–Trinajstić information content (AvgIpc) is 3.12. The number of ether oxygens (including phenoxy) is 2. The molecule has 1 amide bonds. The predicted octanol–water partition coefficient (Wildman–Crippen LogP) is 2.91. The van der Waals surface area contributed by atoms with Gasteiger partial charge in [-0.1, -0.05) is 31.2 Å². The average molecular weight is 487 g/mol. The first-order valence-corrected chi connectivity index (χ1v) is 13.1. The molecule has 4 rings (SSSR count). The summed E-state index contributed by atoms with van der Waals surface area (Å²) >= 11 is 0. The minimum absolute atomic E-state index is 0.0633. The van der Waals surface area contributed by atoms with Crippen LogP contribution in [0.5, 0.6) is 11.5 Å². The second-order valence-electron chi connectivity index (χ2n) is 8.42. The summed E-state index contributed by atoms with van der Waals surface area (Å²) < 4.78 is 38.9. The normalized spacial score (nSPS) is 16.7. The Kier molecular flexibility index (Phi) is 7.53. The highest BCUT2D eigenvalue weighted by Crippen LogP contribution is 2.33. The van der Waals surface area contributed by atoms with Gasteiger partial charge in [0.25, 0.3) is 0 Å². The van der Waals surface area contributed by atoms with Gasteiger partial charge >= 0.3 is 0 Å². The molecule has 0 aliphatic carbocycles. The van der Waals surface area contributed by atoms with Gasteiger partial charge in [-0.25, -0.2) is 8.42 Å². The lowest BCUT2D eigenvalue weighted by molar-refractivity contribution is -0.132. The summed E-state index contributed by atoms with van der Waals surface area (Å²) in [6, 6.07) is 12.1. The van der Waals surface area contributed by atoms with Gasteiger partial charge in [0.1, 0.15) is 0 Å². The molecule has 8 nitrogen and oxygen atoms in total. The molecule has 0 saturated carbocycles. The molecule has 1 fully saturated rings. The molecule has 0 bridgehead atoms. The van der Waals surface area contributed by atoms with Gasteiger partial charge in [0.05, 0.1) is 18.1 Å². The third-order valence-electron chi connectivity index (χ3n) is 6.20. The quantitative estimate of drug-likeness (QED) is 0.559. The molecule has 0 aromatic heterocycles. The fourth-order valence-corrected chi connectivity index (χ4v) is 5.52. The molecular weight excluding hydrogens is 456 g/mol. The first-order valence-electron chi connectivity index (χ1n) is 11.7. The minimum Gasteiger partial charge on any atom is -0.490 e. The largest absolute Gasteiger partial charge is 0.490 e. The molecule has 182 valence electrons. The molecule has 0 N–H and O–H groups in total. The number of carbonyl (C=O) groups excluding carboxylic acids is 2. The van der Waals surface area contributed by atoms with Crippen LogP contribution in [0.25, 0.3) is 0 Å². The van der Waals surface area contributed by atoms with E-state index < -0.39 is 10.0 Å².